The second-order valence-corrected chi connectivity index (χ2v) is 14.4. The van der Waals surface area contributed by atoms with Crippen LogP contribution in [0.5, 0.6) is 0 Å². The number of hydrogen-bond donors (Lipinski definition) is 3. The van der Waals surface area contributed by atoms with Gasteiger partial charge < -0.3 is 15.5 Å². The first-order chi connectivity index (χ1) is 23.2. The Hall–Kier alpha value is -1.13. The highest BCUT2D eigenvalue weighted by atomic mass is 16.3. The minimum atomic E-state index is -0.856. The van der Waals surface area contributed by atoms with E-state index in [0.717, 1.165) is 32.1 Å². The Morgan fingerprint density at radius 1 is 0.489 bits per heavy atom. The molecule has 0 aliphatic carbocycles. The van der Waals surface area contributed by atoms with Gasteiger partial charge in [0.05, 0.1) is 18.8 Å². The summed E-state index contributed by atoms with van der Waals surface area (Å²) < 4.78 is 0. The fourth-order valence-electron chi connectivity index (χ4n) is 6.43. The molecule has 0 aromatic heterocycles. The maximum atomic E-state index is 12.3. The van der Waals surface area contributed by atoms with Crippen LogP contribution in [-0.2, 0) is 4.79 Å². The van der Waals surface area contributed by atoms with E-state index >= 15 is 0 Å². The zero-order valence-corrected chi connectivity index (χ0v) is 31.8. The minimum Gasteiger partial charge on any atom is -0.394 e. The number of rotatable bonds is 38. The molecule has 3 N–H and O–H groups in total. The Balaban J connectivity index is 3.54. The van der Waals surface area contributed by atoms with Crippen molar-refractivity contribution in [2.24, 2.45) is 0 Å². The highest BCUT2D eigenvalue weighted by Gasteiger charge is 2.17. The number of nitrogens with one attached hydrogen (secondary N) is 1. The van der Waals surface area contributed by atoms with E-state index in [9.17, 15) is 15.0 Å². The Kier molecular flexibility index (Phi) is 38.4. The first kappa shape index (κ1) is 45.9. The molecule has 278 valence electrons. The molecule has 0 unspecified atom stereocenters. The van der Waals surface area contributed by atoms with Crippen LogP contribution in [0.3, 0.4) is 0 Å². The van der Waals surface area contributed by atoms with Gasteiger partial charge in [0.2, 0.25) is 5.91 Å². The predicted octanol–water partition coefficient (Wildman–Crippen LogP) is 12.8. The van der Waals surface area contributed by atoms with Crippen LogP contribution in [0.25, 0.3) is 0 Å². The van der Waals surface area contributed by atoms with Crippen molar-refractivity contribution in [1.82, 2.24) is 5.32 Å². The highest BCUT2D eigenvalue weighted by molar-refractivity contribution is 5.76. The van der Waals surface area contributed by atoms with Crippen LogP contribution in [0.2, 0.25) is 0 Å². The molecule has 0 aromatic carbocycles. The molecule has 47 heavy (non-hydrogen) atoms. The lowest BCUT2D eigenvalue weighted by atomic mass is 10.0. The van der Waals surface area contributed by atoms with Gasteiger partial charge in [0.1, 0.15) is 0 Å². The molecule has 0 heterocycles. The summed E-state index contributed by atoms with van der Waals surface area (Å²) in [5, 5.41) is 22.9. The summed E-state index contributed by atoms with van der Waals surface area (Å²) in [6.45, 7) is 4.29. The van der Waals surface area contributed by atoms with Crippen molar-refractivity contribution in [3.8, 4) is 0 Å². The van der Waals surface area contributed by atoms with Crippen molar-refractivity contribution in [1.29, 1.82) is 0 Å². The summed E-state index contributed by atoms with van der Waals surface area (Å²) >= 11 is 0. The van der Waals surface area contributed by atoms with Gasteiger partial charge >= 0.3 is 0 Å². The van der Waals surface area contributed by atoms with Gasteiger partial charge in [0.25, 0.3) is 0 Å². The molecule has 0 rings (SSSR count). The molecule has 4 nitrogen and oxygen atoms in total. The Bertz CT molecular complexity index is 676. The van der Waals surface area contributed by atoms with E-state index in [1.54, 1.807) is 6.08 Å². The number of amides is 1. The summed E-state index contributed by atoms with van der Waals surface area (Å²) in [5.74, 6) is -0.0713. The van der Waals surface area contributed by atoms with Crippen LogP contribution in [-0.4, -0.2) is 34.9 Å². The smallest absolute Gasteiger partial charge is 0.220 e. The highest BCUT2D eigenvalue weighted by Crippen LogP contribution is 2.16. The molecule has 0 radical (unpaired) electrons. The summed E-state index contributed by atoms with van der Waals surface area (Å²) in [6, 6.07) is -0.633. The van der Waals surface area contributed by atoms with Crippen molar-refractivity contribution in [2.45, 2.75) is 238 Å². The normalized spacial score (nSPS) is 13.2. The van der Waals surface area contributed by atoms with Gasteiger partial charge in [-0.3, -0.25) is 4.79 Å². The summed E-state index contributed by atoms with van der Waals surface area (Å²) in [7, 11) is 0. The molecule has 0 bridgehead atoms. The van der Waals surface area contributed by atoms with E-state index in [-0.39, 0.29) is 12.5 Å². The standard InChI is InChI=1S/C43H83NO3/c1-3-5-7-9-11-13-15-17-18-19-20-21-22-23-24-25-27-29-31-33-35-37-39-43(47)44-41(40-45)42(46)38-36-34-32-30-28-26-16-14-12-10-8-6-4-2/h28,30,36,38,41-42,45-46H,3-27,29,31-35,37,39-40H2,1-2H3,(H,44,47)/b30-28+,38-36+/t41-,42+/m0/s1. The second-order valence-electron chi connectivity index (χ2n) is 14.4. The Labute approximate surface area is 294 Å². The number of aliphatic hydroxyl groups is 2. The topological polar surface area (TPSA) is 69.6 Å². The fraction of sp³-hybridized carbons (Fsp3) is 0.884. The maximum absolute atomic E-state index is 12.3. The van der Waals surface area contributed by atoms with Crippen LogP contribution in [0.1, 0.15) is 226 Å². The van der Waals surface area contributed by atoms with Gasteiger partial charge in [-0.1, -0.05) is 212 Å². The molecule has 0 aliphatic rings. The predicted molar refractivity (Wildman–Crippen MR) is 207 cm³/mol. The maximum Gasteiger partial charge on any atom is 0.220 e. The minimum absolute atomic E-state index is 0.0713. The van der Waals surface area contributed by atoms with Crippen LogP contribution >= 0.6 is 0 Å². The van der Waals surface area contributed by atoms with E-state index < -0.39 is 12.1 Å². The van der Waals surface area contributed by atoms with Gasteiger partial charge in [0.15, 0.2) is 0 Å². The largest absolute Gasteiger partial charge is 0.394 e. The van der Waals surface area contributed by atoms with E-state index in [0.29, 0.717) is 6.42 Å². The van der Waals surface area contributed by atoms with Gasteiger partial charge in [-0.15, -0.1) is 0 Å². The number of unbranched alkanes of at least 4 members (excludes halogenated alkanes) is 29. The van der Waals surface area contributed by atoms with Crippen LogP contribution in [0.4, 0.5) is 0 Å². The van der Waals surface area contributed by atoms with Crippen molar-refractivity contribution >= 4 is 5.91 Å². The first-order valence-corrected chi connectivity index (χ1v) is 21.1. The molecule has 0 aromatic rings. The quantitative estimate of drug-likeness (QED) is 0.0455. The number of carbonyl (C=O) groups excluding carboxylic acids is 1. The lowest BCUT2D eigenvalue weighted by molar-refractivity contribution is -0.123. The number of aliphatic hydroxyl groups excluding tert-OH is 2. The molecule has 4 heteroatoms. The van der Waals surface area contributed by atoms with E-state index in [1.165, 1.54) is 173 Å². The van der Waals surface area contributed by atoms with E-state index in [2.05, 4.69) is 31.3 Å². The zero-order valence-electron chi connectivity index (χ0n) is 31.8. The van der Waals surface area contributed by atoms with Gasteiger partial charge in [-0.05, 0) is 32.1 Å². The van der Waals surface area contributed by atoms with Gasteiger partial charge in [-0.2, -0.15) is 0 Å². The molecular formula is C43H83NO3. The molecule has 1 amide bonds. The molecular weight excluding hydrogens is 578 g/mol. The fourth-order valence-corrected chi connectivity index (χ4v) is 6.43. The van der Waals surface area contributed by atoms with Gasteiger partial charge in [0, 0.05) is 6.42 Å². The summed E-state index contributed by atoms with van der Waals surface area (Å²) in [5.41, 5.74) is 0. The van der Waals surface area contributed by atoms with Crippen LogP contribution < -0.4 is 5.32 Å². The van der Waals surface area contributed by atoms with Crippen molar-refractivity contribution in [3.63, 3.8) is 0 Å². The van der Waals surface area contributed by atoms with E-state index in [4.69, 9.17) is 0 Å². The summed E-state index contributed by atoms with van der Waals surface area (Å²) in [6.07, 6.45) is 50.0. The third-order valence-corrected chi connectivity index (χ3v) is 9.69. The number of allylic oxidation sites excluding steroid dienone is 3. The molecule has 2 atom stereocenters. The number of carbonyl (C=O) groups is 1. The van der Waals surface area contributed by atoms with Crippen LogP contribution in [0.15, 0.2) is 24.3 Å². The third kappa shape index (κ3) is 36.0. The van der Waals surface area contributed by atoms with Gasteiger partial charge in [-0.25, -0.2) is 0 Å². The SMILES string of the molecule is CCCCCCCCC/C=C/CC/C=C/[C@@H](O)[C@H](CO)NC(=O)CCCCCCCCCCCCCCCCCCCCCCCC. The molecule has 0 aliphatic heterocycles. The average molecular weight is 662 g/mol. The molecule has 0 saturated carbocycles. The average Bonchev–Trinajstić information content (AvgIpc) is 3.07. The lowest BCUT2D eigenvalue weighted by Crippen LogP contribution is -2.45. The Morgan fingerprint density at radius 3 is 1.23 bits per heavy atom. The lowest BCUT2D eigenvalue weighted by Gasteiger charge is -2.19. The summed E-state index contributed by atoms with van der Waals surface area (Å²) in [4.78, 5) is 12.3. The second kappa shape index (κ2) is 39.3. The molecule has 0 fully saturated rings. The van der Waals surface area contributed by atoms with Crippen molar-refractivity contribution < 1.29 is 15.0 Å². The Morgan fingerprint density at radius 2 is 0.830 bits per heavy atom. The third-order valence-electron chi connectivity index (χ3n) is 9.69. The van der Waals surface area contributed by atoms with E-state index in [1.807, 2.05) is 6.08 Å². The van der Waals surface area contributed by atoms with Crippen LogP contribution in [0, 0.1) is 0 Å². The molecule has 0 saturated heterocycles. The number of hydrogen-bond acceptors (Lipinski definition) is 3. The molecule has 0 spiro atoms. The van der Waals surface area contributed by atoms with Crippen molar-refractivity contribution in [3.05, 3.63) is 24.3 Å². The van der Waals surface area contributed by atoms with Crippen molar-refractivity contribution in [2.75, 3.05) is 6.61 Å². The first-order valence-electron chi connectivity index (χ1n) is 21.1. The zero-order chi connectivity index (χ0) is 34.3. The monoisotopic (exact) mass is 662 g/mol.